The fourth-order valence-corrected chi connectivity index (χ4v) is 6.02. The fraction of sp³-hybridized carbons (Fsp3) is 0.289. The van der Waals surface area contributed by atoms with Crippen LogP contribution >= 0.6 is 43.6 Å². The van der Waals surface area contributed by atoms with Crippen LogP contribution in [-0.2, 0) is 0 Å². The van der Waals surface area contributed by atoms with E-state index < -0.39 is 0 Å². The highest BCUT2D eigenvalue weighted by Crippen LogP contribution is 2.48. The topological polar surface area (TPSA) is 36.8 Å². The van der Waals surface area contributed by atoms with Gasteiger partial charge in [0.25, 0.3) is 0 Å². The van der Waals surface area contributed by atoms with Crippen molar-refractivity contribution < 1.29 is 0 Å². The Balaban J connectivity index is 0.000000259. The molecule has 0 spiro atoms. The number of aliphatic imine (C=N–C) groups is 2. The number of nitrogens with one attached hydrogen (secondary N) is 1. The molecule has 0 saturated heterocycles. The SMILES string of the molecule is BrC/C=C/CBr.C.C=CC1CC1(C)N=C(c1ccccc1)c1ccccc1.C=CC1CC1(C)NCl.CCN=C(c1ccccc1)c1ccccc1. The number of nitrogens with zero attached hydrogens (tertiary/aromatic N) is 2. The van der Waals surface area contributed by atoms with E-state index in [-0.39, 0.29) is 18.5 Å². The lowest BCUT2D eigenvalue weighted by atomic mass is 10.0. The van der Waals surface area contributed by atoms with E-state index >= 15 is 0 Å². The Morgan fingerprint density at radius 2 is 1.06 bits per heavy atom. The van der Waals surface area contributed by atoms with E-state index in [1.807, 2.05) is 60.7 Å². The normalized spacial score (nSPS) is 20.6. The smallest absolute Gasteiger partial charge is 0.0725 e. The molecule has 270 valence electrons. The van der Waals surface area contributed by atoms with Crippen LogP contribution in [0.25, 0.3) is 0 Å². The van der Waals surface area contributed by atoms with E-state index in [9.17, 15) is 0 Å². The largest absolute Gasteiger partial charge is 0.284 e. The molecule has 0 heterocycles. The summed E-state index contributed by atoms with van der Waals surface area (Å²) >= 11 is 11.9. The van der Waals surface area contributed by atoms with Crippen molar-refractivity contribution in [1.29, 1.82) is 0 Å². The van der Waals surface area contributed by atoms with E-state index in [2.05, 4.69) is 161 Å². The van der Waals surface area contributed by atoms with Gasteiger partial charge < -0.3 is 0 Å². The van der Waals surface area contributed by atoms with Gasteiger partial charge in [-0.2, -0.15) is 0 Å². The summed E-state index contributed by atoms with van der Waals surface area (Å²) in [7, 11) is 0. The molecule has 3 nitrogen and oxygen atoms in total. The van der Waals surface area contributed by atoms with Crippen LogP contribution in [0.4, 0.5) is 0 Å². The van der Waals surface area contributed by atoms with Gasteiger partial charge in [0.1, 0.15) is 0 Å². The van der Waals surface area contributed by atoms with Crippen molar-refractivity contribution in [2.45, 2.75) is 52.1 Å². The van der Waals surface area contributed by atoms with E-state index in [0.29, 0.717) is 11.8 Å². The predicted octanol–water partition coefficient (Wildman–Crippen LogP) is 12.7. The summed E-state index contributed by atoms with van der Waals surface area (Å²) in [6.07, 6.45) is 10.3. The summed E-state index contributed by atoms with van der Waals surface area (Å²) in [6.45, 7) is 14.7. The van der Waals surface area contributed by atoms with Crippen LogP contribution in [-0.4, -0.2) is 39.7 Å². The van der Waals surface area contributed by atoms with Gasteiger partial charge in [0.15, 0.2) is 0 Å². The van der Waals surface area contributed by atoms with Crippen molar-refractivity contribution >= 4 is 55.1 Å². The maximum atomic E-state index is 5.42. The zero-order valence-corrected chi connectivity index (χ0v) is 33.4. The fourth-order valence-electron chi connectivity index (χ4n) is 5.27. The van der Waals surface area contributed by atoms with Gasteiger partial charge in [0, 0.05) is 50.9 Å². The molecule has 4 atom stereocenters. The molecule has 1 N–H and O–H groups in total. The molecular formula is C45H54Br2ClN3. The first-order chi connectivity index (χ1) is 24.3. The molecule has 0 amide bonds. The Hall–Kier alpha value is -3.35. The van der Waals surface area contributed by atoms with Crippen molar-refractivity contribution in [1.82, 2.24) is 4.84 Å². The standard InChI is InChI=1S/C19H19N.C15H15N.C6H10ClN.C4H6Br2.CH4/c1-3-17-14-19(17,2)20-18(15-10-6-4-7-11-15)16-12-8-5-9-13-16;1-2-16-15(13-9-5-3-6-10-13)14-11-7-4-8-12-14;1-3-5-4-6(5,2)8-7;5-3-1-2-4-6;/h3-13,17H,1,14H2,2H3;3-12H,2H2,1H3;3,5,8H,1,4H2,2H3;1-2H,3-4H2;1H4/b;;;2-1+;. The molecule has 0 radical (unpaired) electrons. The summed E-state index contributed by atoms with van der Waals surface area (Å²) in [5, 5.41) is 1.91. The second kappa shape index (κ2) is 23.3. The van der Waals surface area contributed by atoms with Crippen LogP contribution in [0, 0.1) is 11.8 Å². The third-order valence-corrected chi connectivity index (χ3v) is 9.76. The van der Waals surface area contributed by atoms with Crippen LogP contribution in [0.3, 0.4) is 0 Å². The third-order valence-electron chi connectivity index (χ3n) is 8.58. The van der Waals surface area contributed by atoms with Crippen LogP contribution in [0.2, 0.25) is 0 Å². The molecule has 0 aliphatic heterocycles. The lowest BCUT2D eigenvalue weighted by Crippen LogP contribution is -2.19. The first-order valence-electron chi connectivity index (χ1n) is 17.0. The summed E-state index contributed by atoms with van der Waals surface area (Å²) in [4.78, 5) is 12.4. The van der Waals surface area contributed by atoms with E-state index in [0.717, 1.165) is 41.5 Å². The minimum atomic E-state index is 0. The number of rotatable bonds is 11. The van der Waals surface area contributed by atoms with E-state index in [1.165, 1.54) is 22.3 Å². The zero-order chi connectivity index (χ0) is 36.2. The zero-order valence-electron chi connectivity index (χ0n) is 29.5. The Morgan fingerprint density at radius 3 is 1.31 bits per heavy atom. The molecule has 2 aliphatic rings. The second-order valence-corrected chi connectivity index (χ2v) is 14.0. The third kappa shape index (κ3) is 14.3. The number of hydrogen-bond donors (Lipinski definition) is 1. The van der Waals surface area contributed by atoms with Crippen molar-refractivity contribution in [2.75, 3.05) is 17.2 Å². The number of alkyl halides is 2. The average Bonchev–Trinajstić information content (AvgIpc) is 4.07. The predicted molar refractivity (Wildman–Crippen MR) is 233 cm³/mol. The number of allylic oxidation sites excluding steroid dienone is 2. The van der Waals surface area contributed by atoms with Gasteiger partial charge >= 0.3 is 0 Å². The van der Waals surface area contributed by atoms with Gasteiger partial charge in [-0.05, 0) is 51.3 Å². The monoisotopic (exact) mass is 829 g/mol. The van der Waals surface area contributed by atoms with Gasteiger partial charge in [0.05, 0.1) is 17.0 Å². The summed E-state index contributed by atoms with van der Waals surface area (Å²) in [5.74, 6) is 1.09. The van der Waals surface area contributed by atoms with Crippen molar-refractivity contribution in [3.05, 3.63) is 181 Å². The molecule has 2 fully saturated rings. The van der Waals surface area contributed by atoms with Gasteiger partial charge in [0.2, 0.25) is 0 Å². The van der Waals surface area contributed by atoms with E-state index in [1.54, 1.807) is 0 Å². The summed E-state index contributed by atoms with van der Waals surface area (Å²) in [6, 6.07) is 41.5. The van der Waals surface area contributed by atoms with Gasteiger partial charge in [-0.1, -0.05) is 185 Å². The Morgan fingerprint density at radius 1 is 0.686 bits per heavy atom. The highest BCUT2D eigenvalue weighted by molar-refractivity contribution is 9.09. The van der Waals surface area contributed by atoms with Gasteiger partial charge in [-0.25, -0.2) is 4.84 Å². The lowest BCUT2D eigenvalue weighted by Gasteiger charge is -2.11. The first-order valence-corrected chi connectivity index (χ1v) is 19.7. The lowest BCUT2D eigenvalue weighted by molar-refractivity contribution is 0.654. The highest BCUT2D eigenvalue weighted by Gasteiger charge is 2.48. The van der Waals surface area contributed by atoms with Crippen LogP contribution in [0.5, 0.6) is 0 Å². The molecule has 6 heteroatoms. The molecule has 2 aliphatic carbocycles. The molecule has 2 saturated carbocycles. The maximum Gasteiger partial charge on any atom is 0.0725 e. The second-order valence-electron chi connectivity index (χ2n) is 12.5. The molecule has 4 unspecified atom stereocenters. The molecule has 51 heavy (non-hydrogen) atoms. The molecular weight excluding hydrogens is 778 g/mol. The summed E-state index contributed by atoms with van der Waals surface area (Å²) < 4.78 is 0. The molecule has 0 aromatic heterocycles. The van der Waals surface area contributed by atoms with Gasteiger partial charge in [-0.15, -0.1) is 13.2 Å². The van der Waals surface area contributed by atoms with Gasteiger partial charge in [-0.3, -0.25) is 9.98 Å². The number of benzene rings is 4. The molecule has 4 aromatic carbocycles. The number of hydrogen-bond acceptors (Lipinski definition) is 3. The Bertz CT molecular complexity index is 1570. The Kier molecular flexibility index (Phi) is 20.0. The van der Waals surface area contributed by atoms with E-state index in [4.69, 9.17) is 16.8 Å². The molecule has 6 rings (SSSR count). The van der Waals surface area contributed by atoms with Crippen molar-refractivity contribution in [3.8, 4) is 0 Å². The minimum Gasteiger partial charge on any atom is -0.284 e. The molecule has 4 aromatic rings. The number of halogens is 3. The first kappa shape index (κ1) is 43.8. The minimum absolute atomic E-state index is 0. The van der Waals surface area contributed by atoms with Crippen molar-refractivity contribution in [2.24, 2.45) is 21.8 Å². The Labute approximate surface area is 330 Å². The summed E-state index contributed by atoms with van der Waals surface area (Å²) in [5.41, 5.74) is 7.03. The van der Waals surface area contributed by atoms with Crippen molar-refractivity contribution in [3.63, 3.8) is 0 Å². The molecule has 0 bridgehead atoms. The van der Waals surface area contributed by atoms with Crippen LogP contribution in [0.15, 0.2) is 169 Å². The van der Waals surface area contributed by atoms with Crippen LogP contribution in [0.1, 0.15) is 63.3 Å². The quantitative estimate of drug-likeness (QED) is 0.0695. The maximum absolute atomic E-state index is 5.42. The van der Waals surface area contributed by atoms with Crippen LogP contribution < -0.4 is 4.84 Å². The average molecular weight is 832 g/mol. The highest BCUT2D eigenvalue weighted by atomic mass is 79.9.